The molecule has 0 aliphatic heterocycles. The molecule has 0 saturated heterocycles. The second-order valence-corrected chi connectivity index (χ2v) is 2.47. The van der Waals surface area contributed by atoms with Crippen molar-refractivity contribution < 1.29 is 13.2 Å². The number of nitrogens with two attached hydrogens (primary N) is 1. The molecule has 14 heavy (non-hydrogen) atoms. The standard InChI is InChI=1S/C8H6F3N3/c9-7-4(2-12)1-5(8(10)11)14-6(7)3-13/h1,8H,3,13H2. The Morgan fingerprint density at radius 1 is 1.57 bits per heavy atom. The highest BCUT2D eigenvalue weighted by Crippen LogP contribution is 2.20. The van der Waals surface area contributed by atoms with E-state index >= 15 is 0 Å². The molecular weight excluding hydrogens is 195 g/mol. The number of nitriles is 1. The van der Waals surface area contributed by atoms with Gasteiger partial charge in [-0.3, -0.25) is 0 Å². The highest BCUT2D eigenvalue weighted by molar-refractivity contribution is 5.34. The number of halogens is 3. The highest BCUT2D eigenvalue weighted by atomic mass is 19.3. The number of hydrogen-bond donors (Lipinski definition) is 1. The van der Waals surface area contributed by atoms with Crippen LogP contribution in [0.25, 0.3) is 0 Å². The summed E-state index contributed by atoms with van der Waals surface area (Å²) in [7, 11) is 0. The minimum atomic E-state index is -2.84. The summed E-state index contributed by atoms with van der Waals surface area (Å²) in [5.74, 6) is -0.931. The van der Waals surface area contributed by atoms with E-state index < -0.39 is 23.5 Å². The summed E-state index contributed by atoms with van der Waals surface area (Å²) < 4.78 is 37.5. The normalized spacial score (nSPS) is 10.3. The van der Waals surface area contributed by atoms with Crippen LogP contribution in [0.5, 0.6) is 0 Å². The van der Waals surface area contributed by atoms with Crippen LogP contribution < -0.4 is 5.73 Å². The number of aromatic nitrogens is 1. The van der Waals surface area contributed by atoms with Gasteiger partial charge < -0.3 is 5.73 Å². The van der Waals surface area contributed by atoms with E-state index in [2.05, 4.69) is 4.98 Å². The molecular formula is C8H6F3N3. The van der Waals surface area contributed by atoms with Gasteiger partial charge >= 0.3 is 0 Å². The topological polar surface area (TPSA) is 62.7 Å². The van der Waals surface area contributed by atoms with Gasteiger partial charge in [-0.1, -0.05) is 0 Å². The lowest BCUT2D eigenvalue weighted by molar-refractivity contribution is 0.145. The van der Waals surface area contributed by atoms with E-state index in [0.29, 0.717) is 0 Å². The fourth-order valence-corrected chi connectivity index (χ4v) is 0.932. The SMILES string of the molecule is N#Cc1cc(C(F)F)nc(CN)c1F. The number of alkyl halides is 2. The van der Waals surface area contributed by atoms with Crippen molar-refractivity contribution in [1.29, 1.82) is 5.26 Å². The van der Waals surface area contributed by atoms with Crippen LogP contribution in [-0.4, -0.2) is 4.98 Å². The molecule has 0 saturated carbocycles. The summed E-state index contributed by atoms with van der Waals surface area (Å²) in [5, 5.41) is 8.44. The molecule has 0 amide bonds. The van der Waals surface area contributed by atoms with Crippen molar-refractivity contribution in [3.05, 3.63) is 28.8 Å². The van der Waals surface area contributed by atoms with E-state index in [1.54, 1.807) is 0 Å². The fraction of sp³-hybridized carbons (Fsp3) is 0.250. The van der Waals surface area contributed by atoms with E-state index in [4.69, 9.17) is 11.0 Å². The molecule has 6 heteroatoms. The maximum atomic E-state index is 13.1. The Balaban J connectivity index is 3.34. The summed E-state index contributed by atoms with van der Waals surface area (Å²) >= 11 is 0. The van der Waals surface area contributed by atoms with Crippen LogP contribution in [0.1, 0.15) is 23.4 Å². The molecule has 0 unspecified atom stereocenters. The van der Waals surface area contributed by atoms with Crippen LogP contribution in [0.15, 0.2) is 6.07 Å². The molecule has 2 N–H and O–H groups in total. The lowest BCUT2D eigenvalue weighted by Crippen LogP contribution is -2.07. The van der Waals surface area contributed by atoms with Crippen molar-refractivity contribution in [1.82, 2.24) is 4.98 Å². The van der Waals surface area contributed by atoms with E-state index in [0.717, 1.165) is 6.07 Å². The van der Waals surface area contributed by atoms with Crippen LogP contribution in [-0.2, 0) is 6.54 Å². The number of rotatable bonds is 2. The third-order valence-electron chi connectivity index (χ3n) is 1.58. The third kappa shape index (κ3) is 1.83. The Bertz CT molecular complexity index is 384. The van der Waals surface area contributed by atoms with Gasteiger partial charge in [-0.25, -0.2) is 18.2 Å². The maximum Gasteiger partial charge on any atom is 0.280 e. The van der Waals surface area contributed by atoms with Gasteiger partial charge in [0.05, 0.1) is 11.3 Å². The molecule has 1 rings (SSSR count). The largest absolute Gasteiger partial charge is 0.325 e. The average molecular weight is 201 g/mol. The summed E-state index contributed by atoms with van der Waals surface area (Å²) in [6, 6.07) is 2.18. The fourth-order valence-electron chi connectivity index (χ4n) is 0.932. The van der Waals surface area contributed by atoms with E-state index in [-0.39, 0.29) is 12.2 Å². The second kappa shape index (κ2) is 4.07. The number of nitrogens with zero attached hydrogens (tertiary/aromatic N) is 2. The van der Waals surface area contributed by atoms with Gasteiger partial charge in [0.2, 0.25) is 0 Å². The first-order chi connectivity index (χ1) is 6.60. The van der Waals surface area contributed by atoms with E-state index in [1.807, 2.05) is 0 Å². The van der Waals surface area contributed by atoms with Gasteiger partial charge in [-0.05, 0) is 6.07 Å². The Morgan fingerprint density at radius 3 is 2.64 bits per heavy atom. The van der Waals surface area contributed by atoms with Crippen LogP contribution in [0.2, 0.25) is 0 Å². The number of hydrogen-bond acceptors (Lipinski definition) is 3. The van der Waals surface area contributed by atoms with Gasteiger partial charge in [-0.15, -0.1) is 0 Å². The molecule has 0 radical (unpaired) electrons. The minimum Gasteiger partial charge on any atom is -0.325 e. The molecule has 0 aliphatic carbocycles. The summed E-state index contributed by atoms with van der Waals surface area (Å²) in [4.78, 5) is 3.30. The molecule has 74 valence electrons. The Kier molecular flexibility index (Phi) is 3.04. The predicted octanol–water partition coefficient (Wildman–Crippen LogP) is 1.49. The van der Waals surface area contributed by atoms with E-state index in [1.165, 1.54) is 6.07 Å². The lowest BCUT2D eigenvalue weighted by Gasteiger charge is -2.04. The van der Waals surface area contributed by atoms with Crippen LogP contribution >= 0.6 is 0 Å². The molecule has 1 aromatic rings. The minimum absolute atomic E-state index is 0.318. The zero-order valence-electron chi connectivity index (χ0n) is 6.97. The molecule has 1 heterocycles. The quantitative estimate of drug-likeness (QED) is 0.788. The smallest absolute Gasteiger partial charge is 0.280 e. The van der Waals surface area contributed by atoms with Gasteiger partial charge in [0, 0.05) is 6.54 Å². The van der Waals surface area contributed by atoms with Crippen LogP contribution in [0, 0.1) is 17.1 Å². The molecule has 1 aromatic heterocycles. The van der Waals surface area contributed by atoms with Crippen molar-refractivity contribution in [2.45, 2.75) is 13.0 Å². The Morgan fingerprint density at radius 2 is 2.21 bits per heavy atom. The summed E-state index contributed by atoms with van der Waals surface area (Å²) in [6.07, 6.45) is -2.84. The van der Waals surface area contributed by atoms with Crippen molar-refractivity contribution >= 4 is 0 Å². The zero-order valence-corrected chi connectivity index (χ0v) is 6.97. The first-order valence-electron chi connectivity index (χ1n) is 3.67. The first-order valence-corrected chi connectivity index (χ1v) is 3.67. The highest BCUT2D eigenvalue weighted by Gasteiger charge is 2.16. The monoisotopic (exact) mass is 201 g/mol. The van der Waals surface area contributed by atoms with Gasteiger partial charge in [0.1, 0.15) is 11.8 Å². The molecule has 0 bridgehead atoms. The van der Waals surface area contributed by atoms with Gasteiger partial charge in [-0.2, -0.15) is 5.26 Å². The van der Waals surface area contributed by atoms with Crippen LogP contribution in [0.4, 0.5) is 13.2 Å². The van der Waals surface area contributed by atoms with Crippen molar-refractivity contribution in [3.63, 3.8) is 0 Å². The number of pyridine rings is 1. The molecule has 0 aromatic carbocycles. The predicted molar refractivity (Wildman–Crippen MR) is 41.8 cm³/mol. The van der Waals surface area contributed by atoms with Crippen molar-refractivity contribution in [3.8, 4) is 6.07 Å². The Hall–Kier alpha value is -1.61. The van der Waals surface area contributed by atoms with Gasteiger partial charge in [0.15, 0.2) is 5.82 Å². The second-order valence-electron chi connectivity index (χ2n) is 2.47. The van der Waals surface area contributed by atoms with Crippen molar-refractivity contribution in [2.24, 2.45) is 5.73 Å². The van der Waals surface area contributed by atoms with E-state index in [9.17, 15) is 13.2 Å². The van der Waals surface area contributed by atoms with Crippen molar-refractivity contribution in [2.75, 3.05) is 0 Å². The first kappa shape index (κ1) is 10.5. The summed E-state index contributed by atoms with van der Waals surface area (Å²) in [5.41, 5.74) is 3.67. The zero-order chi connectivity index (χ0) is 10.7. The molecule has 3 nitrogen and oxygen atoms in total. The van der Waals surface area contributed by atoms with Gasteiger partial charge in [0.25, 0.3) is 6.43 Å². The maximum absolute atomic E-state index is 13.1. The Labute approximate surface area is 78.0 Å². The average Bonchev–Trinajstić information content (AvgIpc) is 2.17. The molecule has 0 atom stereocenters. The summed E-state index contributed by atoms with van der Waals surface area (Å²) in [6.45, 7) is -0.318. The third-order valence-corrected chi connectivity index (χ3v) is 1.58. The molecule has 0 fully saturated rings. The molecule has 0 aliphatic rings. The molecule has 0 spiro atoms. The van der Waals surface area contributed by atoms with Crippen LogP contribution in [0.3, 0.4) is 0 Å². The lowest BCUT2D eigenvalue weighted by atomic mass is 10.2.